The van der Waals surface area contributed by atoms with E-state index in [1.165, 1.54) is 47.8 Å². The van der Waals surface area contributed by atoms with Crippen LogP contribution in [0.3, 0.4) is 0 Å². The molecule has 11 nitrogen and oxygen atoms in total. The number of rotatable bonds is 6. The van der Waals surface area contributed by atoms with Gasteiger partial charge in [0.2, 0.25) is 10.0 Å². The summed E-state index contributed by atoms with van der Waals surface area (Å²) >= 11 is 0. The van der Waals surface area contributed by atoms with Gasteiger partial charge >= 0.3 is 5.97 Å². The number of hydrogen-bond donors (Lipinski definition) is 2. The summed E-state index contributed by atoms with van der Waals surface area (Å²) in [5, 5.41) is 0. The van der Waals surface area contributed by atoms with Crippen LogP contribution in [0.2, 0.25) is 0 Å². The van der Waals surface area contributed by atoms with E-state index in [0.717, 1.165) is 6.08 Å². The Kier molecular flexibility index (Phi) is 7.63. The molecule has 1 aliphatic heterocycles. The number of aryl methyl sites for hydroxylation is 1. The largest absolute Gasteiger partial charge is 0.465 e. The lowest BCUT2D eigenvalue weighted by atomic mass is 10.2. The summed E-state index contributed by atoms with van der Waals surface area (Å²) in [5.74, 6) is -1.35. The number of carbonyl (C=O) groups is 3. The third-order valence-electron chi connectivity index (χ3n) is 4.74. The molecule has 1 fully saturated rings. The molecular formula is C21H23N3O8S. The van der Waals surface area contributed by atoms with Crippen molar-refractivity contribution < 1.29 is 36.7 Å². The van der Waals surface area contributed by atoms with Crippen LogP contribution in [0.1, 0.15) is 32.2 Å². The highest BCUT2D eigenvalue weighted by Gasteiger charge is 2.27. The molecule has 0 saturated carbocycles. The van der Waals surface area contributed by atoms with E-state index < -0.39 is 27.8 Å². The summed E-state index contributed by atoms with van der Waals surface area (Å²) in [6.45, 7) is 2.66. The Bertz CT molecular complexity index is 1180. The Hall–Kier alpha value is -3.48. The zero-order valence-corrected chi connectivity index (χ0v) is 18.8. The maximum absolute atomic E-state index is 12.8. The molecule has 0 spiro atoms. The Morgan fingerprint density at radius 3 is 2.55 bits per heavy atom. The lowest BCUT2D eigenvalue weighted by molar-refractivity contribution is -0.117. The number of esters is 1. The molecule has 0 atom stereocenters. The molecule has 1 aliphatic rings. The zero-order valence-electron chi connectivity index (χ0n) is 18.0. The van der Waals surface area contributed by atoms with Crippen LogP contribution in [0.15, 0.2) is 45.7 Å². The molecule has 1 aromatic heterocycles. The third kappa shape index (κ3) is 5.86. The molecule has 2 amide bonds. The van der Waals surface area contributed by atoms with Crippen LogP contribution in [0.25, 0.3) is 6.08 Å². The van der Waals surface area contributed by atoms with Crippen molar-refractivity contribution in [2.45, 2.75) is 11.8 Å². The Balaban J connectivity index is 1.60. The van der Waals surface area contributed by atoms with Crippen molar-refractivity contribution in [1.29, 1.82) is 0 Å². The summed E-state index contributed by atoms with van der Waals surface area (Å²) in [7, 11) is -2.52. The number of amides is 2. The average Bonchev–Trinajstić information content (AvgIpc) is 3.21. The smallest absolute Gasteiger partial charge is 0.341 e. The number of morpholine rings is 1. The minimum atomic E-state index is -3.77. The van der Waals surface area contributed by atoms with Crippen molar-refractivity contribution in [2.75, 3.05) is 33.4 Å². The summed E-state index contributed by atoms with van der Waals surface area (Å²) in [6.07, 6.45) is 2.41. The van der Waals surface area contributed by atoms with Crippen molar-refractivity contribution in [2.24, 2.45) is 0 Å². The molecule has 1 aromatic carbocycles. The molecule has 176 valence electrons. The predicted molar refractivity (Wildman–Crippen MR) is 115 cm³/mol. The molecule has 0 bridgehead atoms. The average molecular weight is 477 g/mol. The number of furan rings is 1. The first-order valence-corrected chi connectivity index (χ1v) is 11.3. The van der Waals surface area contributed by atoms with Crippen molar-refractivity contribution in [3.05, 3.63) is 59.1 Å². The topological polar surface area (TPSA) is 144 Å². The highest BCUT2D eigenvalue weighted by atomic mass is 32.2. The lowest BCUT2D eigenvalue weighted by Crippen LogP contribution is -2.41. The third-order valence-corrected chi connectivity index (χ3v) is 6.64. The van der Waals surface area contributed by atoms with Crippen LogP contribution in [0.5, 0.6) is 0 Å². The maximum Gasteiger partial charge on any atom is 0.341 e. The summed E-state index contributed by atoms with van der Waals surface area (Å²) < 4.78 is 42.0. The Morgan fingerprint density at radius 2 is 1.85 bits per heavy atom. The number of hydrazine groups is 1. The normalized spacial score (nSPS) is 14.7. The first-order valence-electron chi connectivity index (χ1n) is 9.87. The van der Waals surface area contributed by atoms with Gasteiger partial charge in [0.1, 0.15) is 17.1 Å². The van der Waals surface area contributed by atoms with Gasteiger partial charge < -0.3 is 13.9 Å². The molecule has 12 heteroatoms. The van der Waals surface area contributed by atoms with Crippen LogP contribution in [-0.2, 0) is 24.3 Å². The highest BCUT2D eigenvalue weighted by molar-refractivity contribution is 7.89. The first kappa shape index (κ1) is 24.2. The fourth-order valence-electron chi connectivity index (χ4n) is 3.02. The molecule has 2 aromatic rings. The SMILES string of the molecule is COC(=O)c1cc(/C=C/C(=O)NNC(=O)c2cccc(S(=O)(=O)N3CCOCC3)c2)oc1C. The molecule has 0 unspecified atom stereocenters. The van der Waals surface area contributed by atoms with Crippen LogP contribution in [-0.4, -0.2) is 63.9 Å². The number of ether oxygens (including phenoxy) is 2. The monoisotopic (exact) mass is 477 g/mol. The zero-order chi connectivity index (χ0) is 24.0. The number of carbonyl (C=O) groups excluding carboxylic acids is 3. The van der Waals surface area contributed by atoms with Gasteiger partial charge in [-0.05, 0) is 37.3 Å². The van der Waals surface area contributed by atoms with E-state index in [9.17, 15) is 22.8 Å². The van der Waals surface area contributed by atoms with Crippen LogP contribution >= 0.6 is 0 Å². The second kappa shape index (κ2) is 10.4. The van der Waals surface area contributed by atoms with Crippen molar-refractivity contribution in [3.63, 3.8) is 0 Å². The maximum atomic E-state index is 12.8. The molecule has 0 aliphatic carbocycles. The van der Waals surface area contributed by atoms with E-state index in [0.29, 0.717) is 19.0 Å². The van der Waals surface area contributed by atoms with Crippen molar-refractivity contribution >= 4 is 33.9 Å². The molecule has 2 heterocycles. The van der Waals surface area contributed by atoms with Gasteiger partial charge in [-0.1, -0.05) is 6.07 Å². The second-order valence-electron chi connectivity index (χ2n) is 6.93. The first-order chi connectivity index (χ1) is 15.7. The second-order valence-corrected chi connectivity index (χ2v) is 8.87. The Labute approximate surface area is 190 Å². The van der Waals surface area contributed by atoms with Crippen LogP contribution in [0.4, 0.5) is 0 Å². The molecule has 0 radical (unpaired) electrons. The van der Waals surface area contributed by atoms with Crippen LogP contribution in [0, 0.1) is 6.92 Å². The number of nitrogens with zero attached hydrogens (tertiary/aromatic N) is 1. The van der Waals surface area contributed by atoms with E-state index in [1.54, 1.807) is 6.92 Å². The summed E-state index contributed by atoms with van der Waals surface area (Å²) in [5.41, 5.74) is 4.70. The van der Waals surface area contributed by atoms with Crippen molar-refractivity contribution in [3.8, 4) is 0 Å². The van der Waals surface area contributed by atoms with Gasteiger partial charge in [-0.2, -0.15) is 4.31 Å². The number of methoxy groups -OCH3 is 1. The molecule has 1 saturated heterocycles. The van der Waals surface area contributed by atoms with E-state index in [4.69, 9.17) is 9.15 Å². The van der Waals surface area contributed by atoms with Gasteiger partial charge in [-0.3, -0.25) is 20.4 Å². The van der Waals surface area contributed by atoms with Gasteiger partial charge in [0.05, 0.1) is 25.2 Å². The molecular weight excluding hydrogens is 454 g/mol. The fourth-order valence-corrected chi connectivity index (χ4v) is 4.48. The van der Waals surface area contributed by atoms with E-state index in [2.05, 4.69) is 15.6 Å². The van der Waals surface area contributed by atoms with E-state index >= 15 is 0 Å². The van der Waals surface area contributed by atoms with Gasteiger partial charge in [0.15, 0.2) is 0 Å². The lowest BCUT2D eigenvalue weighted by Gasteiger charge is -2.26. The van der Waals surface area contributed by atoms with E-state index in [1.807, 2.05) is 0 Å². The summed E-state index contributed by atoms with van der Waals surface area (Å²) in [6, 6.07) is 6.93. The fraction of sp³-hybridized carbons (Fsp3) is 0.286. The van der Waals surface area contributed by atoms with Gasteiger partial charge in [0, 0.05) is 24.7 Å². The number of nitrogens with one attached hydrogen (secondary N) is 2. The van der Waals surface area contributed by atoms with Crippen LogP contribution < -0.4 is 10.9 Å². The minimum Gasteiger partial charge on any atom is -0.465 e. The quantitative estimate of drug-likeness (QED) is 0.354. The molecule has 2 N–H and O–H groups in total. The Morgan fingerprint density at radius 1 is 1.12 bits per heavy atom. The molecule has 3 rings (SSSR count). The van der Waals surface area contributed by atoms with Gasteiger partial charge in [-0.15, -0.1) is 0 Å². The number of sulfonamides is 1. The predicted octanol–water partition coefficient (Wildman–Crippen LogP) is 0.870. The van der Waals surface area contributed by atoms with E-state index in [-0.39, 0.29) is 34.9 Å². The van der Waals surface area contributed by atoms with Gasteiger partial charge in [0.25, 0.3) is 11.8 Å². The molecule has 33 heavy (non-hydrogen) atoms. The minimum absolute atomic E-state index is 0.0297. The van der Waals surface area contributed by atoms with Crippen molar-refractivity contribution in [1.82, 2.24) is 15.2 Å². The number of hydrogen-bond acceptors (Lipinski definition) is 8. The number of benzene rings is 1. The standard InChI is InChI=1S/C21H23N3O8S/c1-14-18(21(27)30-2)13-16(32-14)6-7-19(25)22-23-20(26)15-4-3-5-17(12-15)33(28,29)24-8-10-31-11-9-24/h3-7,12-13H,8-11H2,1-2H3,(H,22,25)(H,23,26)/b7-6+. The van der Waals surface area contributed by atoms with Gasteiger partial charge in [-0.25, -0.2) is 13.2 Å². The summed E-state index contributed by atoms with van der Waals surface area (Å²) in [4.78, 5) is 36.0. The highest BCUT2D eigenvalue weighted by Crippen LogP contribution is 2.19.